The van der Waals surface area contributed by atoms with Crippen molar-refractivity contribution in [2.75, 3.05) is 0 Å². The summed E-state index contributed by atoms with van der Waals surface area (Å²) >= 11 is 4.76. The molecule has 0 aromatic rings. The largest absolute Gasteiger partial charge is 0.103 e. The molecule has 0 aliphatic carbocycles. The Morgan fingerprint density at radius 1 is 1.27 bits per heavy atom. The van der Waals surface area contributed by atoms with Crippen LogP contribution in [0.4, 0.5) is 0 Å². The molecular formula is C10H17Cl. The number of halogens is 1. The first kappa shape index (κ1) is 13.1. The van der Waals surface area contributed by atoms with Crippen LogP contribution in [0.25, 0.3) is 0 Å². The van der Waals surface area contributed by atoms with Gasteiger partial charge in [0.1, 0.15) is 0 Å². The molecule has 0 nitrogen and oxygen atoms in total. The Labute approximate surface area is 75.3 Å². The van der Waals surface area contributed by atoms with Crippen molar-refractivity contribution in [2.45, 2.75) is 26.2 Å². The number of hydrogen-bond acceptors (Lipinski definition) is 0. The fraction of sp³-hybridized carbons (Fsp3) is 0.400. The van der Waals surface area contributed by atoms with E-state index in [1.54, 1.807) is 0 Å². The molecule has 0 aromatic carbocycles. The molecule has 0 N–H and O–H groups in total. The van der Waals surface area contributed by atoms with E-state index in [9.17, 15) is 0 Å². The van der Waals surface area contributed by atoms with E-state index in [-0.39, 0.29) is 0 Å². The summed E-state index contributed by atoms with van der Waals surface area (Å²) in [6, 6.07) is 0. The molecule has 0 radical (unpaired) electrons. The van der Waals surface area contributed by atoms with Gasteiger partial charge in [-0.05, 0) is 31.7 Å². The van der Waals surface area contributed by atoms with Gasteiger partial charge in [0, 0.05) is 0 Å². The fourth-order valence-electron chi connectivity index (χ4n) is 0.547. The van der Waals surface area contributed by atoms with Crippen LogP contribution in [0, 0.1) is 0 Å². The van der Waals surface area contributed by atoms with Crippen molar-refractivity contribution >= 4 is 11.6 Å². The second-order valence-corrected chi connectivity index (χ2v) is 2.25. The average molecular weight is 173 g/mol. The second kappa shape index (κ2) is 16.3. The average Bonchev–Trinajstić information content (AvgIpc) is 2.00. The van der Waals surface area contributed by atoms with Gasteiger partial charge in [-0.1, -0.05) is 36.4 Å². The molecule has 0 unspecified atom stereocenters. The van der Waals surface area contributed by atoms with Gasteiger partial charge < -0.3 is 0 Å². The van der Waals surface area contributed by atoms with Crippen LogP contribution in [-0.2, 0) is 0 Å². The van der Waals surface area contributed by atoms with Gasteiger partial charge in [-0.25, -0.2) is 0 Å². The quantitative estimate of drug-likeness (QED) is 0.439. The van der Waals surface area contributed by atoms with E-state index in [0.29, 0.717) is 0 Å². The van der Waals surface area contributed by atoms with Crippen LogP contribution in [0.2, 0.25) is 0 Å². The van der Waals surface area contributed by atoms with Gasteiger partial charge in [-0.15, -0.1) is 6.58 Å². The Morgan fingerprint density at radius 2 is 1.82 bits per heavy atom. The molecule has 0 rings (SSSR count). The third-order valence-corrected chi connectivity index (χ3v) is 1.01. The van der Waals surface area contributed by atoms with Crippen molar-refractivity contribution in [1.29, 1.82) is 0 Å². The van der Waals surface area contributed by atoms with E-state index in [1.807, 2.05) is 13.0 Å². The molecule has 0 saturated heterocycles. The molecule has 1 heteroatoms. The zero-order chi connectivity index (χ0) is 8.95. The smallest absolute Gasteiger partial charge is 0.00296 e. The summed E-state index contributed by atoms with van der Waals surface area (Å²) in [6.07, 6.45) is 9.82. The second-order valence-electron chi connectivity index (χ2n) is 1.94. The van der Waals surface area contributed by atoms with Crippen molar-refractivity contribution in [3.63, 3.8) is 0 Å². The number of rotatable bonds is 4. The van der Waals surface area contributed by atoms with E-state index in [1.165, 1.54) is 18.4 Å². The van der Waals surface area contributed by atoms with Crippen LogP contribution in [0.1, 0.15) is 26.2 Å². The van der Waals surface area contributed by atoms with E-state index in [2.05, 4.69) is 25.3 Å². The van der Waals surface area contributed by atoms with E-state index in [4.69, 9.17) is 11.6 Å². The number of unbranched alkanes of at least 4 members (excludes halogenated alkanes) is 2. The van der Waals surface area contributed by atoms with Gasteiger partial charge in [0.05, 0.1) is 0 Å². The summed E-state index contributed by atoms with van der Waals surface area (Å²) in [4.78, 5) is 0. The summed E-state index contributed by atoms with van der Waals surface area (Å²) in [5.74, 6) is 0. The first-order chi connectivity index (χ1) is 5.33. The van der Waals surface area contributed by atoms with Crippen molar-refractivity contribution in [3.8, 4) is 0 Å². The molecular weight excluding hydrogens is 156 g/mol. The molecule has 0 fully saturated rings. The minimum atomic E-state index is 1.14. The molecule has 0 amide bonds. The van der Waals surface area contributed by atoms with Crippen molar-refractivity contribution in [3.05, 3.63) is 36.9 Å². The van der Waals surface area contributed by atoms with E-state index >= 15 is 0 Å². The number of hydrogen-bond donors (Lipinski definition) is 0. The lowest BCUT2D eigenvalue weighted by Gasteiger charge is -1.85. The van der Waals surface area contributed by atoms with Gasteiger partial charge in [0.25, 0.3) is 0 Å². The SMILES string of the molecule is C=CCCCC=CC.C=CCl. The van der Waals surface area contributed by atoms with Crippen LogP contribution >= 0.6 is 11.6 Å². The Kier molecular flexibility index (Phi) is 19.4. The summed E-state index contributed by atoms with van der Waals surface area (Å²) in [5.41, 5.74) is 1.22. The molecule has 0 aromatic heterocycles. The van der Waals surface area contributed by atoms with Crippen LogP contribution < -0.4 is 0 Å². The first-order valence-electron chi connectivity index (χ1n) is 3.76. The lowest BCUT2D eigenvalue weighted by atomic mass is 10.2. The van der Waals surface area contributed by atoms with Gasteiger partial charge in [0.2, 0.25) is 0 Å². The molecule has 0 bridgehead atoms. The minimum Gasteiger partial charge on any atom is -0.103 e. The van der Waals surface area contributed by atoms with Gasteiger partial charge in [0.15, 0.2) is 0 Å². The summed E-state index contributed by atoms with van der Waals surface area (Å²) in [5, 5.41) is 0. The lowest BCUT2D eigenvalue weighted by molar-refractivity contribution is 0.869. The highest BCUT2D eigenvalue weighted by Gasteiger charge is 1.75. The number of allylic oxidation sites excluding steroid dienone is 3. The highest BCUT2D eigenvalue weighted by atomic mass is 35.5. The predicted molar refractivity (Wildman–Crippen MR) is 54.9 cm³/mol. The molecule has 0 spiro atoms. The lowest BCUT2D eigenvalue weighted by Crippen LogP contribution is -1.65. The van der Waals surface area contributed by atoms with Crippen LogP contribution in [-0.4, -0.2) is 0 Å². The first-order valence-corrected chi connectivity index (χ1v) is 4.20. The fourth-order valence-corrected chi connectivity index (χ4v) is 0.547. The Bertz CT molecular complexity index is 103. The maximum Gasteiger partial charge on any atom is -0.00296 e. The van der Waals surface area contributed by atoms with Gasteiger partial charge >= 0.3 is 0 Å². The molecule has 0 aliphatic heterocycles. The van der Waals surface area contributed by atoms with Crippen LogP contribution in [0.15, 0.2) is 36.9 Å². The van der Waals surface area contributed by atoms with Gasteiger partial charge in [-0.2, -0.15) is 0 Å². The highest BCUT2D eigenvalue weighted by Crippen LogP contribution is 1.95. The van der Waals surface area contributed by atoms with Crippen LogP contribution in [0.3, 0.4) is 0 Å². The predicted octanol–water partition coefficient (Wildman–Crippen LogP) is 4.29. The van der Waals surface area contributed by atoms with E-state index in [0.717, 1.165) is 6.42 Å². The normalized spacial score (nSPS) is 8.55. The minimum absolute atomic E-state index is 1.14. The van der Waals surface area contributed by atoms with Crippen molar-refractivity contribution < 1.29 is 0 Å². The Balaban J connectivity index is 0. The highest BCUT2D eigenvalue weighted by molar-refractivity contribution is 6.25. The summed E-state index contributed by atoms with van der Waals surface area (Å²) < 4.78 is 0. The third kappa shape index (κ3) is 26.4. The monoisotopic (exact) mass is 172 g/mol. The maximum absolute atomic E-state index is 4.76. The molecule has 0 aliphatic rings. The zero-order valence-electron chi connectivity index (χ0n) is 7.22. The standard InChI is InChI=1S/C8H14.C2H3Cl/c1-3-5-7-8-6-4-2;1-2-3/h3-4,6H,1,5,7-8H2,2H3;2H,1H2. The molecule has 0 heterocycles. The third-order valence-electron chi connectivity index (χ3n) is 1.01. The van der Waals surface area contributed by atoms with Crippen molar-refractivity contribution in [1.82, 2.24) is 0 Å². The van der Waals surface area contributed by atoms with Crippen molar-refractivity contribution in [2.24, 2.45) is 0 Å². The maximum atomic E-state index is 4.76. The van der Waals surface area contributed by atoms with Crippen LogP contribution in [0.5, 0.6) is 0 Å². The topological polar surface area (TPSA) is 0 Å². The van der Waals surface area contributed by atoms with Gasteiger partial charge in [-0.3, -0.25) is 0 Å². The molecule has 64 valence electrons. The Morgan fingerprint density at radius 3 is 2.18 bits per heavy atom. The molecule has 0 atom stereocenters. The van der Waals surface area contributed by atoms with E-state index < -0.39 is 0 Å². The molecule has 0 saturated carbocycles. The zero-order valence-corrected chi connectivity index (χ0v) is 7.98. The summed E-state index contributed by atoms with van der Waals surface area (Å²) in [6.45, 7) is 8.81. The Hall–Kier alpha value is -0.490. The summed E-state index contributed by atoms with van der Waals surface area (Å²) in [7, 11) is 0. The molecule has 11 heavy (non-hydrogen) atoms.